The molecule has 1 rings (SSSR count). The number of carbonyl (C=O) groups excluding carboxylic acids is 1. The first-order valence-corrected chi connectivity index (χ1v) is 4.55. The summed E-state index contributed by atoms with van der Waals surface area (Å²) in [7, 11) is 0. The summed E-state index contributed by atoms with van der Waals surface area (Å²) in [5, 5.41) is 0. The fraction of sp³-hybridized carbons (Fsp3) is 0.143. The Balaban J connectivity index is 3.44. The maximum Gasteiger partial charge on any atom is 0.268 e. The number of amides is 1. The average molecular weight is 313 g/mol. The van der Waals surface area contributed by atoms with Gasteiger partial charge in [-0.3, -0.25) is 4.79 Å². The van der Waals surface area contributed by atoms with E-state index in [2.05, 4.69) is 4.98 Å². The molecule has 0 saturated carbocycles. The quantitative estimate of drug-likeness (QED) is 0.638. The van der Waals surface area contributed by atoms with Crippen molar-refractivity contribution in [2.75, 3.05) is 5.73 Å². The van der Waals surface area contributed by atoms with Crippen LogP contribution in [-0.2, 0) is 0 Å². The second kappa shape index (κ2) is 4.03. The van der Waals surface area contributed by atoms with Gasteiger partial charge in [0.25, 0.3) is 12.3 Å². The Bertz CT molecular complexity index is 383. The lowest BCUT2D eigenvalue weighted by Gasteiger charge is -2.08. The third kappa shape index (κ3) is 2.08. The zero-order chi connectivity index (χ0) is 10.9. The number of nitrogen functional groups attached to an aromatic ring is 1. The first-order chi connectivity index (χ1) is 6.43. The van der Waals surface area contributed by atoms with Gasteiger partial charge in [-0.2, -0.15) is 0 Å². The van der Waals surface area contributed by atoms with Crippen LogP contribution in [0, 0.1) is 3.70 Å². The van der Waals surface area contributed by atoms with Gasteiger partial charge < -0.3 is 11.5 Å². The van der Waals surface area contributed by atoms with E-state index in [1.54, 1.807) is 22.6 Å². The molecule has 4 nitrogen and oxygen atoms in total. The van der Waals surface area contributed by atoms with Gasteiger partial charge in [0.1, 0.15) is 9.39 Å². The van der Waals surface area contributed by atoms with Gasteiger partial charge in [0.2, 0.25) is 0 Å². The van der Waals surface area contributed by atoms with Crippen LogP contribution in [0.5, 0.6) is 0 Å². The Morgan fingerprint density at radius 2 is 2.14 bits per heavy atom. The molecule has 1 amide bonds. The molecular formula is C7H6F2IN3O. The standard InChI is InChI=1S/C7H6F2IN3O/c8-6(9)4-2(11)1-3(10)13-5(4)7(12)14/h1,6H,(H2,11,13)(H2,12,14). The topological polar surface area (TPSA) is 82.0 Å². The summed E-state index contributed by atoms with van der Waals surface area (Å²) in [6.07, 6.45) is -2.86. The molecule has 1 aromatic rings. The molecule has 14 heavy (non-hydrogen) atoms. The monoisotopic (exact) mass is 313 g/mol. The van der Waals surface area contributed by atoms with Crippen LogP contribution in [-0.4, -0.2) is 10.9 Å². The highest BCUT2D eigenvalue weighted by Crippen LogP contribution is 2.28. The number of nitrogens with two attached hydrogens (primary N) is 2. The summed E-state index contributed by atoms with van der Waals surface area (Å²) >= 11 is 1.76. The van der Waals surface area contributed by atoms with Crippen LogP contribution < -0.4 is 11.5 Å². The van der Waals surface area contributed by atoms with E-state index in [1.165, 1.54) is 6.07 Å². The summed E-state index contributed by atoms with van der Waals surface area (Å²) in [6, 6.07) is 1.26. The van der Waals surface area contributed by atoms with Crippen LogP contribution in [0.15, 0.2) is 6.07 Å². The molecule has 4 N–H and O–H groups in total. The minimum Gasteiger partial charge on any atom is -0.398 e. The van der Waals surface area contributed by atoms with Crippen molar-refractivity contribution < 1.29 is 13.6 Å². The van der Waals surface area contributed by atoms with Crippen molar-refractivity contribution in [1.82, 2.24) is 4.98 Å². The summed E-state index contributed by atoms with van der Waals surface area (Å²) < 4.78 is 25.2. The Morgan fingerprint density at radius 3 is 2.57 bits per heavy atom. The predicted octanol–water partition coefficient (Wildman–Crippen LogP) is 1.30. The largest absolute Gasteiger partial charge is 0.398 e. The van der Waals surface area contributed by atoms with Crippen molar-refractivity contribution in [2.24, 2.45) is 5.73 Å². The maximum absolute atomic E-state index is 12.5. The highest BCUT2D eigenvalue weighted by atomic mass is 127. The smallest absolute Gasteiger partial charge is 0.268 e. The molecule has 0 aliphatic carbocycles. The van der Waals surface area contributed by atoms with Crippen molar-refractivity contribution in [3.63, 3.8) is 0 Å². The number of aromatic nitrogens is 1. The first-order valence-electron chi connectivity index (χ1n) is 3.47. The molecule has 0 saturated heterocycles. The van der Waals surface area contributed by atoms with Crippen molar-refractivity contribution >= 4 is 34.2 Å². The zero-order valence-corrected chi connectivity index (χ0v) is 8.96. The zero-order valence-electron chi connectivity index (χ0n) is 6.80. The molecule has 0 unspecified atom stereocenters. The van der Waals surface area contributed by atoms with Gasteiger partial charge in [0.05, 0.1) is 5.56 Å². The van der Waals surface area contributed by atoms with Crippen LogP contribution in [0.1, 0.15) is 22.5 Å². The van der Waals surface area contributed by atoms with Crippen molar-refractivity contribution in [3.8, 4) is 0 Å². The van der Waals surface area contributed by atoms with Crippen LogP contribution in [0.25, 0.3) is 0 Å². The lowest BCUT2D eigenvalue weighted by atomic mass is 10.1. The van der Waals surface area contributed by atoms with Crippen molar-refractivity contribution in [1.29, 1.82) is 0 Å². The summed E-state index contributed by atoms with van der Waals surface area (Å²) in [4.78, 5) is 14.4. The van der Waals surface area contributed by atoms with Crippen LogP contribution in [0.3, 0.4) is 0 Å². The van der Waals surface area contributed by atoms with E-state index in [4.69, 9.17) is 11.5 Å². The van der Waals surface area contributed by atoms with E-state index < -0.39 is 23.6 Å². The molecule has 76 valence electrons. The average Bonchev–Trinajstić information content (AvgIpc) is 2.01. The van der Waals surface area contributed by atoms with E-state index >= 15 is 0 Å². The van der Waals surface area contributed by atoms with Gasteiger partial charge in [-0.1, -0.05) is 0 Å². The van der Waals surface area contributed by atoms with Crippen molar-refractivity contribution in [3.05, 3.63) is 21.0 Å². The predicted molar refractivity (Wildman–Crippen MR) is 54.8 cm³/mol. The normalized spacial score (nSPS) is 10.6. The molecule has 0 aliphatic heterocycles. The van der Waals surface area contributed by atoms with Gasteiger partial charge >= 0.3 is 0 Å². The minimum absolute atomic E-state index is 0.173. The second-order valence-corrected chi connectivity index (χ2v) is 3.57. The number of anilines is 1. The fourth-order valence-electron chi connectivity index (χ4n) is 0.959. The number of nitrogens with zero attached hydrogens (tertiary/aromatic N) is 1. The van der Waals surface area contributed by atoms with Gasteiger partial charge in [-0.05, 0) is 28.7 Å². The number of hydrogen-bond donors (Lipinski definition) is 2. The van der Waals surface area contributed by atoms with Gasteiger partial charge in [0, 0.05) is 5.69 Å². The molecule has 7 heteroatoms. The number of primary amides is 1. The molecule has 0 fully saturated rings. The third-order valence-corrected chi connectivity index (χ3v) is 2.06. The fourth-order valence-corrected chi connectivity index (χ4v) is 1.54. The lowest BCUT2D eigenvalue weighted by Crippen LogP contribution is -2.18. The van der Waals surface area contributed by atoms with Gasteiger partial charge in [-0.15, -0.1) is 0 Å². The third-order valence-electron chi connectivity index (χ3n) is 1.51. The number of alkyl halides is 2. The molecule has 1 aromatic heterocycles. The maximum atomic E-state index is 12.5. The van der Waals surface area contributed by atoms with Gasteiger partial charge in [0.15, 0.2) is 0 Å². The SMILES string of the molecule is NC(=O)c1nc(I)cc(N)c1C(F)F. The number of carbonyl (C=O) groups is 1. The molecular weight excluding hydrogens is 307 g/mol. The number of halogens is 3. The van der Waals surface area contributed by atoms with E-state index in [0.29, 0.717) is 3.70 Å². The molecule has 0 aliphatic rings. The molecule has 0 radical (unpaired) electrons. The van der Waals surface area contributed by atoms with E-state index in [9.17, 15) is 13.6 Å². The number of rotatable bonds is 2. The molecule has 1 heterocycles. The minimum atomic E-state index is -2.86. The van der Waals surface area contributed by atoms with E-state index in [-0.39, 0.29) is 5.69 Å². The number of pyridine rings is 1. The van der Waals surface area contributed by atoms with Gasteiger partial charge in [-0.25, -0.2) is 13.8 Å². The molecule has 0 bridgehead atoms. The first kappa shape index (κ1) is 11.1. The summed E-state index contributed by atoms with van der Waals surface area (Å²) in [6.45, 7) is 0. The molecule has 0 atom stereocenters. The lowest BCUT2D eigenvalue weighted by molar-refractivity contribution is 0.0980. The Morgan fingerprint density at radius 1 is 1.57 bits per heavy atom. The van der Waals surface area contributed by atoms with Crippen LogP contribution in [0.4, 0.5) is 14.5 Å². The highest BCUT2D eigenvalue weighted by molar-refractivity contribution is 14.1. The number of hydrogen-bond acceptors (Lipinski definition) is 3. The highest BCUT2D eigenvalue weighted by Gasteiger charge is 2.21. The van der Waals surface area contributed by atoms with E-state index in [0.717, 1.165) is 0 Å². The second-order valence-electron chi connectivity index (χ2n) is 2.46. The Hall–Kier alpha value is -0.990. The van der Waals surface area contributed by atoms with Crippen LogP contribution >= 0.6 is 22.6 Å². The summed E-state index contributed by atoms with van der Waals surface area (Å²) in [5.74, 6) is -1.01. The Labute approximate surface area is 91.8 Å². The summed E-state index contributed by atoms with van der Waals surface area (Å²) in [5.41, 5.74) is 8.98. The van der Waals surface area contributed by atoms with Crippen molar-refractivity contribution in [2.45, 2.75) is 6.43 Å². The van der Waals surface area contributed by atoms with E-state index in [1.807, 2.05) is 0 Å². The molecule has 0 aromatic carbocycles. The van der Waals surface area contributed by atoms with Crippen LogP contribution in [0.2, 0.25) is 0 Å². The molecule has 0 spiro atoms. The Kier molecular flexibility index (Phi) is 3.19.